The highest BCUT2D eigenvalue weighted by molar-refractivity contribution is 5.92. The van der Waals surface area contributed by atoms with Gasteiger partial charge >= 0.3 is 6.61 Å². The van der Waals surface area contributed by atoms with Gasteiger partial charge in [-0.05, 0) is 19.1 Å². The Morgan fingerprint density at radius 2 is 2.24 bits per heavy atom. The van der Waals surface area contributed by atoms with Crippen molar-refractivity contribution in [2.45, 2.75) is 26.1 Å². The highest BCUT2D eigenvalue weighted by Gasteiger charge is 2.14. The number of carbonyl (C=O) groups is 1. The Bertz CT molecular complexity index is 720. The molecule has 0 radical (unpaired) electrons. The van der Waals surface area contributed by atoms with Gasteiger partial charge < -0.3 is 14.8 Å². The Morgan fingerprint density at radius 3 is 2.88 bits per heavy atom. The van der Waals surface area contributed by atoms with Crippen molar-refractivity contribution in [3.8, 4) is 11.5 Å². The number of rotatable bonds is 8. The summed E-state index contributed by atoms with van der Waals surface area (Å²) in [6.07, 6.45) is 5.58. The largest absolute Gasteiger partial charge is 0.493 e. The lowest BCUT2D eigenvalue weighted by molar-refractivity contribution is -0.117. The van der Waals surface area contributed by atoms with Crippen LogP contribution in [-0.2, 0) is 11.3 Å². The lowest BCUT2D eigenvalue weighted by Crippen LogP contribution is -2.34. The molecule has 1 aromatic carbocycles. The molecule has 1 amide bonds. The SMILES string of the molecule is COc1cccc(C=CC(=O)NC(C)Cn2cncn2)c1OC(F)F. The highest BCUT2D eigenvalue weighted by atomic mass is 19.3. The molecule has 0 bridgehead atoms. The van der Waals surface area contributed by atoms with Crippen LogP contribution in [0, 0.1) is 0 Å². The molecule has 0 fully saturated rings. The van der Waals surface area contributed by atoms with E-state index in [1.807, 2.05) is 6.92 Å². The van der Waals surface area contributed by atoms with Crippen molar-refractivity contribution in [2.24, 2.45) is 0 Å². The molecule has 1 aromatic heterocycles. The lowest BCUT2D eigenvalue weighted by atomic mass is 10.1. The van der Waals surface area contributed by atoms with Crippen LogP contribution in [-0.4, -0.2) is 40.4 Å². The first-order valence-electron chi connectivity index (χ1n) is 7.42. The molecule has 2 rings (SSSR count). The van der Waals surface area contributed by atoms with Crippen molar-refractivity contribution < 1.29 is 23.0 Å². The average Bonchev–Trinajstić information content (AvgIpc) is 3.06. The molecular weight excluding hydrogens is 334 g/mol. The number of amides is 1. The molecule has 0 aliphatic carbocycles. The van der Waals surface area contributed by atoms with E-state index in [-0.39, 0.29) is 23.4 Å². The van der Waals surface area contributed by atoms with Gasteiger partial charge in [-0.2, -0.15) is 13.9 Å². The standard InChI is InChI=1S/C16H18F2N4O3/c1-11(8-22-10-19-9-20-22)21-14(23)7-6-12-4-3-5-13(24-2)15(12)25-16(17)18/h3-7,9-11,16H,8H2,1-2H3,(H,21,23). The summed E-state index contributed by atoms with van der Waals surface area (Å²) in [6.45, 7) is -0.733. The second kappa shape index (κ2) is 8.76. The molecule has 1 atom stereocenters. The minimum atomic E-state index is -3.00. The summed E-state index contributed by atoms with van der Waals surface area (Å²) < 4.78 is 36.2. The molecular formula is C16H18F2N4O3. The van der Waals surface area contributed by atoms with Gasteiger partial charge in [-0.15, -0.1) is 0 Å². The van der Waals surface area contributed by atoms with Gasteiger partial charge in [-0.3, -0.25) is 9.48 Å². The van der Waals surface area contributed by atoms with Crippen molar-refractivity contribution in [1.82, 2.24) is 20.1 Å². The van der Waals surface area contributed by atoms with Gasteiger partial charge in [0.25, 0.3) is 0 Å². The van der Waals surface area contributed by atoms with Crippen LogP contribution >= 0.6 is 0 Å². The Labute approximate surface area is 143 Å². The molecule has 0 spiro atoms. The van der Waals surface area contributed by atoms with Crippen LogP contribution < -0.4 is 14.8 Å². The molecule has 0 aliphatic heterocycles. The number of halogens is 2. The number of hydrogen-bond acceptors (Lipinski definition) is 5. The molecule has 134 valence electrons. The number of ether oxygens (including phenoxy) is 2. The van der Waals surface area contributed by atoms with E-state index in [0.717, 1.165) is 0 Å². The van der Waals surface area contributed by atoms with Gasteiger partial charge in [-0.1, -0.05) is 12.1 Å². The maximum Gasteiger partial charge on any atom is 0.387 e. The van der Waals surface area contributed by atoms with Crippen LogP contribution in [0.4, 0.5) is 8.78 Å². The minimum absolute atomic E-state index is 0.125. The number of methoxy groups -OCH3 is 1. The van der Waals surface area contributed by atoms with Crippen molar-refractivity contribution in [3.05, 3.63) is 42.5 Å². The third kappa shape index (κ3) is 5.55. The minimum Gasteiger partial charge on any atom is -0.493 e. The summed E-state index contributed by atoms with van der Waals surface area (Å²) in [4.78, 5) is 15.8. The summed E-state index contributed by atoms with van der Waals surface area (Å²) in [6, 6.07) is 4.46. The van der Waals surface area contributed by atoms with E-state index in [0.29, 0.717) is 12.1 Å². The Balaban J connectivity index is 2.03. The third-order valence-corrected chi connectivity index (χ3v) is 3.17. The van der Waals surface area contributed by atoms with E-state index in [1.54, 1.807) is 23.1 Å². The van der Waals surface area contributed by atoms with Crippen LogP contribution in [0.5, 0.6) is 11.5 Å². The fourth-order valence-corrected chi connectivity index (χ4v) is 2.15. The zero-order valence-corrected chi connectivity index (χ0v) is 13.7. The normalized spacial score (nSPS) is 12.4. The van der Waals surface area contributed by atoms with E-state index in [4.69, 9.17) is 4.74 Å². The molecule has 9 heteroatoms. The molecule has 1 N–H and O–H groups in total. The van der Waals surface area contributed by atoms with Gasteiger partial charge in [0.05, 0.1) is 13.7 Å². The van der Waals surface area contributed by atoms with Gasteiger partial charge in [0, 0.05) is 17.7 Å². The number of aromatic nitrogens is 3. The maximum absolute atomic E-state index is 12.6. The van der Waals surface area contributed by atoms with E-state index in [9.17, 15) is 13.6 Å². The van der Waals surface area contributed by atoms with E-state index < -0.39 is 6.61 Å². The fraction of sp³-hybridized carbons (Fsp3) is 0.312. The topological polar surface area (TPSA) is 78.3 Å². The Hall–Kier alpha value is -2.97. The van der Waals surface area contributed by atoms with Crippen LogP contribution in [0.3, 0.4) is 0 Å². The molecule has 1 heterocycles. The van der Waals surface area contributed by atoms with Crippen LogP contribution in [0.2, 0.25) is 0 Å². The van der Waals surface area contributed by atoms with Gasteiger partial charge in [0.2, 0.25) is 5.91 Å². The van der Waals surface area contributed by atoms with E-state index in [1.165, 1.54) is 31.7 Å². The molecule has 25 heavy (non-hydrogen) atoms. The quantitative estimate of drug-likeness (QED) is 0.736. The number of hydrogen-bond donors (Lipinski definition) is 1. The van der Waals surface area contributed by atoms with Crippen molar-refractivity contribution in [2.75, 3.05) is 7.11 Å². The number of nitrogens with one attached hydrogen (secondary N) is 1. The summed E-state index contributed by atoms with van der Waals surface area (Å²) in [5, 5.41) is 6.69. The number of para-hydroxylation sites is 1. The first-order chi connectivity index (χ1) is 12.0. The molecule has 7 nitrogen and oxygen atoms in total. The van der Waals surface area contributed by atoms with E-state index >= 15 is 0 Å². The summed E-state index contributed by atoms with van der Waals surface area (Å²) >= 11 is 0. The number of benzene rings is 1. The second-order valence-corrected chi connectivity index (χ2v) is 5.12. The summed E-state index contributed by atoms with van der Waals surface area (Å²) in [7, 11) is 1.35. The first-order valence-corrected chi connectivity index (χ1v) is 7.42. The first kappa shape index (κ1) is 18.4. The van der Waals surface area contributed by atoms with Crippen LogP contribution in [0.15, 0.2) is 36.9 Å². The summed E-state index contributed by atoms with van der Waals surface area (Å²) in [5.74, 6) is -0.347. The van der Waals surface area contributed by atoms with Crippen molar-refractivity contribution in [1.29, 1.82) is 0 Å². The number of alkyl halides is 2. The predicted molar refractivity (Wildman–Crippen MR) is 86.3 cm³/mol. The zero-order valence-electron chi connectivity index (χ0n) is 13.7. The number of carbonyl (C=O) groups excluding carboxylic acids is 1. The monoisotopic (exact) mass is 352 g/mol. The molecule has 1 unspecified atom stereocenters. The highest BCUT2D eigenvalue weighted by Crippen LogP contribution is 2.33. The predicted octanol–water partition coefficient (Wildman–Crippen LogP) is 2.11. The third-order valence-electron chi connectivity index (χ3n) is 3.17. The zero-order chi connectivity index (χ0) is 18.2. The van der Waals surface area contributed by atoms with Gasteiger partial charge in [-0.25, -0.2) is 4.98 Å². The molecule has 0 aliphatic rings. The van der Waals surface area contributed by atoms with Crippen LogP contribution in [0.1, 0.15) is 12.5 Å². The van der Waals surface area contributed by atoms with Gasteiger partial charge in [0.1, 0.15) is 12.7 Å². The van der Waals surface area contributed by atoms with Crippen molar-refractivity contribution in [3.63, 3.8) is 0 Å². The smallest absolute Gasteiger partial charge is 0.387 e. The van der Waals surface area contributed by atoms with Crippen molar-refractivity contribution >= 4 is 12.0 Å². The molecule has 0 saturated heterocycles. The average molecular weight is 352 g/mol. The van der Waals surface area contributed by atoms with E-state index in [2.05, 4.69) is 20.1 Å². The second-order valence-electron chi connectivity index (χ2n) is 5.12. The fourth-order valence-electron chi connectivity index (χ4n) is 2.15. The molecule has 0 saturated carbocycles. The Morgan fingerprint density at radius 1 is 1.44 bits per heavy atom. The maximum atomic E-state index is 12.6. The Kier molecular flexibility index (Phi) is 6.44. The van der Waals surface area contributed by atoms with Crippen LogP contribution in [0.25, 0.3) is 6.08 Å². The lowest BCUT2D eigenvalue weighted by Gasteiger charge is -2.13. The number of nitrogens with zero attached hydrogens (tertiary/aromatic N) is 3. The van der Waals surface area contributed by atoms with Gasteiger partial charge in [0.15, 0.2) is 11.5 Å². The summed E-state index contributed by atoms with van der Waals surface area (Å²) in [5.41, 5.74) is 0.304. The molecule has 2 aromatic rings.